The van der Waals surface area contributed by atoms with E-state index in [2.05, 4.69) is 0 Å². The Morgan fingerprint density at radius 2 is 2.00 bits per heavy atom. The number of hydrogen-bond acceptors (Lipinski definition) is 2. The smallest absolute Gasteiger partial charge is 0.222 e. The summed E-state index contributed by atoms with van der Waals surface area (Å²) in [6.45, 7) is 1.29. The van der Waals surface area contributed by atoms with Gasteiger partial charge in [-0.25, -0.2) is 0 Å². The fourth-order valence-electron chi connectivity index (χ4n) is 1.52. The van der Waals surface area contributed by atoms with Crippen molar-refractivity contribution in [3.05, 3.63) is 34.9 Å². The molecule has 1 rings (SSSR count). The molecule has 0 bridgehead atoms. The molecule has 0 heterocycles. The van der Waals surface area contributed by atoms with Gasteiger partial charge in [0, 0.05) is 25.0 Å². The molecule has 2 N–H and O–H groups in total. The zero-order chi connectivity index (χ0) is 12.7. The molecule has 94 valence electrons. The molecule has 0 saturated carbocycles. The Balaban J connectivity index is 2.34. The molecule has 0 atom stereocenters. The predicted octanol–water partition coefficient (Wildman–Crippen LogP) is 2.08. The van der Waals surface area contributed by atoms with E-state index in [1.54, 1.807) is 4.90 Å². The van der Waals surface area contributed by atoms with Gasteiger partial charge in [0.05, 0.1) is 0 Å². The third-order valence-corrected chi connectivity index (χ3v) is 2.92. The highest BCUT2D eigenvalue weighted by Gasteiger charge is 2.07. The summed E-state index contributed by atoms with van der Waals surface area (Å²) >= 11 is 5.81. The van der Waals surface area contributed by atoms with E-state index in [1.807, 2.05) is 31.3 Å². The normalized spacial score (nSPS) is 10.3. The summed E-state index contributed by atoms with van der Waals surface area (Å²) in [6, 6.07) is 7.71. The van der Waals surface area contributed by atoms with E-state index in [-0.39, 0.29) is 5.91 Å². The number of rotatable bonds is 6. The summed E-state index contributed by atoms with van der Waals surface area (Å²) in [6.07, 6.45) is 2.14. The van der Waals surface area contributed by atoms with Gasteiger partial charge in [0.25, 0.3) is 0 Å². The number of hydrogen-bond donors (Lipinski definition) is 1. The van der Waals surface area contributed by atoms with Gasteiger partial charge in [0.2, 0.25) is 5.91 Å². The van der Waals surface area contributed by atoms with Crippen molar-refractivity contribution in [2.24, 2.45) is 5.73 Å². The largest absolute Gasteiger partial charge is 0.345 e. The number of benzene rings is 1. The van der Waals surface area contributed by atoms with Gasteiger partial charge >= 0.3 is 0 Å². The van der Waals surface area contributed by atoms with Gasteiger partial charge in [-0.05, 0) is 37.1 Å². The van der Waals surface area contributed by atoms with Crippen LogP contribution in [0.25, 0.3) is 0 Å². The average Bonchev–Trinajstić information content (AvgIpc) is 2.34. The van der Waals surface area contributed by atoms with Gasteiger partial charge in [-0.1, -0.05) is 23.7 Å². The quantitative estimate of drug-likeness (QED) is 0.845. The molecule has 17 heavy (non-hydrogen) atoms. The first kappa shape index (κ1) is 14.0. The fraction of sp³-hybridized carbons (Fsp3) is 0.462. The first-order chi connectivity index (χ1) is 8.13. The van der Waals surface area contributed by atoms with E-state index in [0.29, 0.717) is 13.0 Å². The summed E-state index contributed by atoms with van der Waals surface area (Å²) in [4.78, 5) is 13.4. The molecule has 3 nitrogen and oxygen atoms in total. The number of likely N-dealkylation sites (N-methyl/N-ethyl adjacent to an activating group) is 1. The van der Waals surface area contributed by atoms with Gasteiger partial charge in [0.15, 0.2) is 0 Å². The lowest BCUT2D eigenvalue weighted by Gasteiger charge is -2.16. The minimum absolute atomic E-state index is 0.157. The molecule has 1 aromatic rings. The monoisotopic (exact) mass is 254 g/mol. The molecule has 0 aliphatic rings. The Kier molecular flexibility index (Phi) is 6.01. The van der Waals surface area contributed by atoms with E-state index in [4.69, 9.17) is 17.3 Å². The molecule has 0 unspecified atom stereocenters. The van der Waals surface area contributed by atoms with Crippen molar-refractivity contribution in [2.45, 2.75) is 19.3 Å². The van der Waals surface area contributed by atoms with E-state index in [1.165, 1.54) is 5.56 Å². The van der Waals surface area contributed by atoms with Crippen LogP contribution in [-0.2, 0) is 11.2 Å². The lowest BCUT2D eigenvalue weighted by atomic mass is 10.1. The maximum Gasteiger partial charge on any atom is 0.222 e. The lowest BCUT2D eigenvalue weighted by Crippen LogP contribution is -2.29. The van der Waals surface area contributed by atoms with Crippen LogP contribution in [0.15, 0.2) is 24.3 Å². The van der Waals surface area contributed by atoms with Crippen LogP contribution in [0.4, 0.5) is 0 Å². The Labute approximate surface area is 108 Å². The van der Waals surface area contributed by atoms with Gasteiger partial charge in [-0.15, -0.1) is 0 Å². The van der Waals surface area contributed by atoms with Crippen LogP contribution in [0.1, 0.15) is 18.4 Å². The van der Waals surface area contributed by atoms with Crippen LogP contribution >= 0.6 is 11.6 Å². The van der Waals surface area contributed by atoms with Crippen LogP contribution in [-0.4, -0.2) is 30.9 Å². The number of nitrogens with zero attached hydrogens (tertiary/aromatic N) is 1. The summed E-state index contributed by atoms with van der Waals surface area (Å²) in [5.74, 6) is 0.157. The van der Waals surface area contributed by atoms with Crippen LogP contribution in [0.3, 0.4) is 0 Å². The topological polar surface area (TPSA) is 46.3 Å². The molecule has 0 saturated heterocycles. The second kappa shape index (κ2) is 7.30. The number of carbonyl (C=O) groups excluding carboxylic acids is 1. The first-order valence-electron chi connectivity index (χ1n) is 5.82. The number of carbonyl (C=O) groups is 1. The molecule has 0 aliphatic carbocycles. The number of halogens is 1. The summed E-state index contributed by atoms with van der Waals surface area (Å²) in [5, 5.41) is 0.737. The highest BCUT2D eigenvalue weighted by Crippen LogP contribution is 2.10. The third kappa shape index (κ3) is 5.20. The van der Waals surface area contributed by atoms with Crippen molar-refractivity contribution >= 4 is 17.5 Å². The van der Waals surface area contributed by atoms with Gasteiger partial charge < -0.3 is 10.6 Å². The number of amides is 1. The zero-order valence-electron chi connectivity index (χ0n) is 10.2. The van der Waals surface area contributed by atoms with Crippen molar-refractivity contribution in [1.82, 2.24) is 4.90 Å². The molecular weight excluding hydrogens is 236 g/mol. The first-order valence-corrected chi connectivity index (χ1v) is 6.19. The van der Waals surface area contributed by atoms with Gasteiger partial charge in [0.1, 0.15) is 0 Å². The van der Waals surface area contributed by atoms with E-state index in [9.17, 15) is 4.79 Å². The van der Waals surface area contributed by atoms with E-state index < -0.39 is 0 Å². The molecule has 4 heteroatoms. The molecular formula is C13H19ClN2O. The standard InChI is InChI=1S/C13H19ClN2O/c1-16(13(17)3-2-9-15)10-8-11-4-6-12(14)7-5-11/h4-7H,2-3,8-10,15H2,1H3. The zero-order valence-corrected chi connectivity index (χ0v) is 10.9. The van der Waals surface area contributed by atoms with Crippen molar-refractivity contribution in [2.75, 3.05) is 20.1 Å². The van der Waals surface area contributed by atoms with Crippen LogP contribution in [0.5, 0.6) is 0 Å². The Hall–Kier alpha value is -1.06. The fourth-order valence-corrected chi connectivity index (χ4v) is 1.64. The Morgan fingerprint density at radius 1 is 1.35 bits per heavy atom. The minimum Gasteiger partial charge on any atom is -0.345 e. The van der Waals surface area contributed by atoms with Crippen molar-refractivity contribution in [3.8, 4) is 0 Å². The molecule has 0 aliphatic heterocycles. The summed E-state index contributed by atoms with van der Waals surface area (Å²) in [7, 11) is 1.83. The Morgan fingerprint density at radius 3 is 2.59 bits per heavy atom. The maximum atomic E-state index is 11.6. The van der Waals surface area contributed by atoms with Crippen LogP contribution < -0.4 is 5.73 Å². The van der Waals surface area contributed by atoms with Gasteiger partial charge in [-0.2, -0.15) is 0 Å². The average molecular weight is 255 g/mol. The van der Waals surface area contributed by atoms with Crippen molar-refractivity contribution in [1.29, 1.82) is 0 Å². The predicted molar refractivity (Wildman–Crippen MR) is 71.1 cm³/mol. The van der Waals surface area contributed by atoms with Crippen LogP contribution in [0.2, 0.25) is 5.02 Å². The lowest BCUT2D eigenvalue weighted by molar-refractivity contribution is -0.129. The minimum atomic E-state index is 0.157. The second-order valence-electron chi connectivity index (χ2n) is 4.08. The van der Waals surface area contributed by atoms with Gasteiger partial charge in [-0.3, -0.25) is 4.79 Å². The van der Waals surface area contributed by atoms with Crippen molar-refractivity contribution < 1.29 is 4.79 Å². The SMILES string of the molecule is CN(CCc1ccc(Cl)cc1)C(=O)CCCN. The van der Waals surface area contributed by atoms with E-state index >= 15 is 0 Å². The summed E-state index contributed by atoms with van der Waals surface area (Å²) in [5.41, 5.74) is 6.56. The highest BCUT2D eigenvalue weighted by molar-refractivity contribution is 6.30. The Bertz CT molecular complexity index is 351. The maximum absolute atomic E-state index is 11.6. The van der Waals surface area contributed by atoms with Crippen molar-refractivity contribution in [3.63, 3.8) is 0 Å². The third-order valence-electron chi connectivity index (χ3n) is 2.67. The molecule has 0 aromatic heterocycles. The molecule has 0 radical (unpaired) electrons. The molecule has 1 amide bonds. The summed E-state index contributed by atoms with van der Waals surface area (Å²) < 4.78 is 0. The highest BCUT2D eigenvalue weighted by atomic mass is 35.5. The molecule has 0 spiro atoms. The molecule has 0 fully saturated rings. The van der Waals surface area contributed by atoms with E-state index in [0.717, 1.165) is 24.4 Å². The second-order valence-corrected chi connectivity index (χ2v) is 4.52. The number of nitrogens with two attached hydrogens (primary N) is 1. The van der Waals surface area contributed by atoms with Crippen LogP contribution in [0, 0.1) is 0 Å². The molecule has 1 aromatic carbocycles.